The van der Waals surface area contributed by atoms with Gasteiger partial charge in [-0.2, -0.15) is 11.8 Å². The van der Waals surface area contributed by atoms with Gasteiger partial charge in [0.1, 0.15) is 0 Å². The van der Waals surface area contributed by atoms with Gasteiger partial charge in [0, 0.05) is 49.3 Å². The number of β-amino-alcohol motifs (C(OH)–C–C–N with tert-alkyl or cyclic N) is 1. The Morgan fingerprint density at radius 1 is 0.826 bits per heavy atom. The van der Waals surface area contributed by atoms with Crippen LogP contribution in [-0.4, -0.2) is 86.6 Å². The van der Waals surface area contributed by atoms with Gasteiger partial charge in [-0.1, -0.05) is 27.2 Å². The topological polar surface area (TPSA) is 63.6 Å². The fraction of sp³-hybridized carbons (Fsp3) is 0.667. The molecule has 1 saturated heterocycles. The number of thioether (sulfide) groups is 1. The maximum atomic E-state index is 11.2. The zero-order chi connectivity index (χ0) is 31.4. The monoisotopic (exact) mass is 698 g/mol. The molecule has 0 bridgehead atoms. The number of halogens is 2. The third-order valence-electron chi connectivity index (χ3n) is 10.5. The number of aliphatic hydroxyl groups excluding tert-OH is 1. The molecule has 1 N–H and O–H groups in total. The zero-order valence-electron chi connectivity index (χ0n) is 28.8. The Bertz CT molecular complexity index is 1270. The molecule has 1 fully saturated rings. The number of benzene rings is 2. The number of rotatable bonds is 13. The molecule has 2 unspecified atom stereocenters. The number of nitrogens with zero attached hydrogens (tertiary/aromatic N) is 2. The van der Waals surface area contributed by atoms with Gasteiger partial charge in [0.15, 0.2) is 23.0 Å². The summed E-state index contributed by atoms with van der Waals surface area (Å²) >= 11 is 1.88. The fourth-order valence-corrected chi connectivity index (χ4v) is 8.73. The van der Waals surface area contributed by atoms with E-state index in [1.807, 2.05) is 11.8 Å². The minimum atomic E-state index is -0.352. The lowest BCUT2D eigenvalue weighted by atomic mass is 9.72. The van der Waals surface area contributed by atoms with Crippen molar-refractivity contribution in [1.29, 1.82) is 0 Å². The smallest absolute Gasteiger partial charge is 0.161 e. The van der Waals surface area contributed by atoms with Crippen LogP contribution >= 0.6 is 36.6 Å². The minimum absolute atomic E-state index is 0. The molecule has 0 amide bonds. The van der Waals surface area contributed by atoms with E-state index < -0.39 is 0 Å². The van der Waals surface area contributed by atoms with Gasteiger partial charge in [0.2, 0.25) is 0 Å². The van der Waals surface area contributed by atoms with Crippen molar-refractivity contribution in [2.45, 2.75) is 82.7 Å². The number of fused-ring (bicyclic) bond motifs is 4. The average Bonchev–Trinajstić information content (AvgIpc) is 3.06. The van der Waals surface area contributed by atoms with E-state index in [-0.39, 0.29) is 37.0 Å². The van der Waals surface area contributed by atoms with Gasteiger partial charge in [-0.25, -0.2) is 0 Å². The Morgan fingerprint density at radius 3 is 1.98 bits per heavy atom. The van der Waals surface area contributed by atoms with Gasteiger partial charge in [-0.05, 0) is 90.5 Å². The van der Waals surface area contributed by atoms with E-state index in [9.17, 15) is 5.11 Å². The van der Waals surface area contributed by atoms with Gasteiger partial charge >= 0.3 is 0 Å². The molecule has 0 aromatic heterocycles. The molecule has 0 radical (unpaired) electrons. The van der Waals surface area contributed by atoms with E-state index in [0.717, 1.165) is 80.5 Å². The van der Waals surface area contributed by atoms with Gasteiger partial charge in [-0.15, -0.1) is 24.8 Å². The predicted octanol–water partition coefficient (Wildman–Crippen LogP) is 7.39. The quantitative estimate of drug-likeness (QED) is 0.232. The van der Waals surface area contributed by atoms with Crippen molar-refractivity contribution >= 4 is 36.6 Å². The van der Waals surface area contributed by atoms with Gasteiger partial charge in [0.25, 0.3) is 0 Å². The lowest BCUT2D eigenvalue weighted by molar-refractivity contribution is 0.0233. The van der Waals surface area contributed by atoms with Crippen LogP contribution in [0.5, 0.6) is 23.0 Å². The summed E-state index contributed by atoms with van der Waals surface area (Å²) in [6.07, 6.45) is 6.13. The molecule has 260 valence electrons. The first kappa shape index (κ1) is 38.9. The molecule has 0 aliphatic carbocycles. The molecule has 0 spiro atoms. The number of hydrogen-bond donors (Lipinski definition) is 1. The first-order valence-corrected chi connectivity index (χ1v) is 17.7. The van der Waals surface area contributed by atoms with Gasteiger partial charge < -0.3 is 24.1 Å². The lowest BCUT2D eigenvalue weighted by Crippen LogP contribution is -2.47. The Balaban J connectivity index is 0.00000288. The highest BCUT2D eigenvalue weighted by molar-refractivity contribution is 7.99. The maximum absolute atomic E-state index is 11.2. The zero-order valence-corrected chi connectivity index (χ0v) is 31.2. The van der Waals surface area contributed by atoms with Crippen LogP contribution in [0.3, 0.4) is 0 Å². The molecule has 3 aliphatic rings. The second-order valence-electron chi connectivity index (χ2n) is 12.9. The third-order valence-corrected chi connectivity index (χ3v) is 12.0. The van der Waals surface area contributed by atoms with Crippen LogP contribution in [0, 0.1) is 11.8 Å². The Morgan fingerprint density at radius 2 is 1.39 bits per heavy atom. The molecule has 3 aliphatic heterocycles. The average molecular weight is 700 g/mol. The second-order valence-corrected chi connectivity index (χ2v) is 14.4. The van der Waals surface area contributed by atoms with E-state index in [1.54, 1.807) is 28.4 Å². The van der Waals surface area contributed by atoms with Crippen molar-refractivity contribution in [3.05, 3.63) is 46.5 Å². The summed E-state index contributed by atoms with van der Waals surface area (Å²) in [4.78, 5) is 5.28. The number of aliphatic hydroxyl groups is 1. The van der Waals surface area contributed by atoms with Crippen molar-refractivity contribution in [2.24, 2.45) is 11.8 Å². The maximum Gasteiger partial charge on any atom is 0.161 e. The molecular weight excluding hydrogens is 643 g/mol. The van der Waals surface area contributed by atoms with Crippen molar-refractivity contribution in [1.82, 2.24) is 9.80 Å². The largest absolute Gasteiger partial charge is 0.493 e. The molecule has 2 aromatic carbocycles. The first-order chi connectivity index (χ1) is 21.3. The number of methoxy groups -OCH3 is 4. The molecule has 5 rings (SSSR count). The third kappa shape index (κ3) is 8.35. The van der Waals surface area contributed by atoms with Crippen molar-refractivity contribution in [3.8, 4) is 23.0 Å². The van der Waals surface area contributed by atoms with Crippen LogP contribution in [0.4, 0.5) is 0 Å². The molecule has 3 heterocycles. The number of piperidine rings is 1. The predicted molar refractivity (Wildman–Crippen MR) is 194 cm³/mol. The summed E-state index contributed by atoms with van der Waals surface area (Å²) in [6.45, 7) is 10.7. The fourth-order valence-electron chi connectivity index (χ4n) is 7.83. The van der Waals surface area contributed by atoms with Gasteiger partial charge in [0.05, 0.1) is 34.5 Å². The molecule has 6 atom stereocenters. The number of ether oxygens (including phenoxy) is 4. The van der Waals surface area contributed by atoms with Crippen LogP contribution in [-0.2, 0) is 12.8 Å². The molecule has 7 nitrogen and oxygen atoms in total. The summed E-state index contributed by atoms with van der Waals surface area (Å²) in [5, 5.41) is 11.8. The van der Waals surface area contributed by atoms with Crippen LogP contribution in [0.2, 0.25) is 0 Å². The van der Waals surface area contributed by atoms with Crippen LogP contribution in [0.1, 0.15) is 80.8 Å². The highest BCUT2D eigenvalue weighted by Crippen LogP contribution is 2.49. The lowest BCUT2D eigenvalue weighted by Gasteiger charge is -2.49. The summed E-state index contributed by atoms with van der Waals surface area (Å²) in [6, 6.07) is 9.44. The van der Waals surface area contributed by atoms with Crippen LogP contribution < -0.4 is 18.9 Å². The Labute approximate surface area is 293 Å². The van der Waals surface area contributed by atoms with E-state index in [4.69, 9.17) is 18.9 Å². The van der Waals surface area contributed by atoms with Crippen molar-refractivity contribution < 1.29 is 24.1 Å². The van der Waals surface area contributed by atoms with E-state index in [0.29, 0.717) is 29.7 Å². The van der Waals surface area contributed by atoms with Crippen molar-refractivity contribution in [3.63, 3.8) is 0 Å². The minimum Gasteiger partial charge on any atom is -0.493 e. The van der Waals surface area contributed by atoms with Crippen molar-refractivity contribution in [2.75, 3.05) is 60.4 Å². The first-order valence-electron chi connectivity index (χ1n) is 16.6. The second kappa shape index (κ2) is 17.7. The molecule has 2 aromatic rings. The highest BCUT2D eigenvalue weighted by atomic mass is 35.5. The highest BCUT2D eigenvalue weighted by Gasteiger charge is 2.41. The van der Waals surface area contributed by atoms with E-state index in [2.05, 4.69) is 54.8 Å². The number of hydrogen-bond acceptors (Lipinski definition) is 8. The van der Waals surface area contributed by atoms with E-state index in [1.165, 1.54) is 28.7 Å². The molecule has 0 saturated carbocycles. The standard InChI is InChI=1S/C36H54N2O5S.2ClH/c1-8-23(3)44-22-28(39)21-38-13-11-26-17-34(41-5)36(43-7)19-30(26)32(38)15-27-14-31-29-18-35(42-6)33(40-4)16-25(29)10-12-37(31)20-24(27)9-2;;/h16-19,23-24,27-28,31-32,39H,8-15,20-22H2,1-7H3;2*1H/t23?,24-,27+,28?,31-,32+;;/m0../s1. The Kier molecular flexibility index (Phi) is 15.0. The SMILES string of the molecule is CCC(C)SCC(O)CN1CCc2cc(OC)c(OC)cc2[C@H]1C[C@H]1C[C@H]2c3cc(OC)c(OC)cc3CCN2C[C@@H]1CC.Cl.Cl. The van der Waals surface area contributed by atoms with Gasteiger partial charge in [-0.3, -0.25) is 9.80 Å². The normalized spacial score (nSPS) is 23.8. The molecule has 10 heteroatoms. The summed E-state index contributed by atoms with van der Waals surface area (Å²) in [5.41, 5.74) is 5.47. The summed E-state index contributed by atoms with van der Waals surface area (Å²) in [7, 11) is 6.90. The van der Waals surface area contributed by atoms with E-state index >= 15 is 0 Å². The molecule has 46 heavy (non-hydrogen) atoms. The van der Waals surface area contributed by atoms with Crippen LogP contribution in [0.25, 0.3) is 0 Å². The van der Waals surface area contributed by atoms with Crippen LogP contribution in [0.15, 0.2) is 24.3 Å². The summed E-state index contributed by atoms with van der Waals surface area (Å²) < 4.78 is 22.9. The Hall–Kier alpha value is -1.55. The molecular formula is C36H56Cl2N2O5S. The summed E-state index contributed by atoms with van der Waals surface area (Å²) in [5.74, 6) is 5.19.